The van der Waals surface area contributed by atoms with Crippen LogP contribution >= 0.6 is 39.0 Å². The summed E-state index contributed by atoms with van der Waals surface area (Å²) in [5, 5.41) is 12.4. The number of esters is 1. The first-order chi connectivity index (χ1) is 16.0. The lowest BCUT2D eigenvalue weighted by atomic mass is 9.95. The average Bonchev–Trinajstić information content (AvgIpc) is 3.34. The van der Waals surface area contributed by atoms with Crippen molar-refractivity contribution in [2.24, 2.45) is 0 Å². The molecule has 1 aliphatic carbocycles. The number of carbonyl (C=O) groups is 2. The standard InChI is InChI=1S/C22H24BrN5O3S2/c1-2-31-21(30)18-15-5-3-4-6-16(15)33-20(18)25-17(29)11-12-32-22-27-26-19(28(22)24)13-7-9-14(23)10-8-13/h7-10H,2-6,11-12,24H2,1H3,(H,25,29). The van der Waals surface area contributed by atoms with Crippen LogP contribution in [-0.2, 0) is 22.4 Å². The lowest BCUT2D eigenvalue weighted by Crippen LogP contribution is -2.16. The summed E-state index contributed by atoms with van der Waals surface area (Å²) in [6, 6.07) is 7.63. The molecule has 33 heavy (non-hydrogen) atoms. The van der Waals surface area contributed by atoms with Crippen LogP contribution in [0.1, 0.15) is 47.0 Å². The van der Waals surface area contributed by atoms with Gasteiger partial charge in [0, 0.05) is 27.1 Å². The predicted molar refractivity (Wildman–Crippen MR) is 134 cm³/mol. The largest absolute Gasteiger partial charge is 0.462 e. The van der Waals surface area contributed by atoms with Gasteiger partial charge in [0.25, 0.3) is 0 Å². The Morgan fingerprint density at radius 1 is 1.24 bits per heavy atom. The average molecular weight is 551 g/mol. The molecule has 0 saturated carbocycles. The molecule has 8 nitrogen and oxygen atoms in total. The van der Waals surface area contributed by atoms with Crippen molar-refractivity contribution in [3.05, 3.63) is 44.7 Å². The number of carbonyl (C=O) groups excluding carboxylic acids is 2. The number of aromatic nitrogens is 3. The van der Waals surface area contributed by atoms with Crippen molar-refractivity contribution >= 4 is 55.9 Å². The number of nitrogens with two attached hydrogens (primary N) is 1. The molecule has 1 amide bonds. The van der Waals surface area contributed by atoms with Gasteiger partial charge in [-0.2, -0.15) is 0 Å². The van der Waals surface area contributed by atoms with Crippen LogP contribution in [0.15, 0.2) is 33.9 Å². The zero-order valence-corrected chi connectivity index (χ0v) is 21.3. The highest BCUT2D eigenvalue weighted by atomic mass is 79.9. The number of nitrogens with one attached hydrogen (secondary N) is 1. The molecule has 3 N–H and O–H groups in total. The number of hydrogen-bond donors (Lipinski definition) is 2. The van der Waals surface area contributed by atoms with E-state index in [2.05, 4.69) is 31.4 Å². The second-order valence-corrected chi connectivity index (χ2v) is 10.5. The maximum Gasteiger partial charge on any atom is 0.341 e. The summed E-state index contributed by atoms with van der Waals surface area (Å²) >= 11 is 6.25. The molecule has 0 bridgehead atoms. The SMILES string of the molecule is CCOC(=O)c1c(NC(=O)CCSc2nnc(-c3ccc(Br)cc3)n2N)sc2c1CCCC2. The first-order valence-electron chi connectivity index (χ1n) is 10.7. The fourth-order valence-electron chi connectivity index (χ4n) is 3.67. The number of nitrogens with zero attached hydrogens (tertiary/aromatic N) is 3. The van der Waals surface area contributed by atoms with E-state index >= 15 is 0 Å². The number of amides is 1. The van der Waals surface area contributed by atoms with Crippen LogP contribution in [0.3, 0.4) is 0 Å². The first-order valence-corrected chi connectivity index (χ1v) is 13.3. The topological polar surface area (TPSA) is 112 Å². The second-order valence-electron chi connectivity index (χ2n) is 7.47. The van der Waals surface area contributed by atoms with E-state index in [1.54, 1.807) is 6.92 Å². The Balaban J connectivity index is 1.38. The minimum absolute atomic E-state index is 0.164. The number of hydrogen-bond acceptors (Lipinski definition) is 8. The highest BCUT2D eigenvalue weighted by Gasteiger charge is 2.27. The van der Waals surface area contributed by atoms with Crippen LogP contribution in [0, 0.1) is 0 Å². The molecule has 0 saturated heterocycles. The lowest BCUT2D eigenvalue weighted by molar-refractivity contribution is -0.115. The van der Waals surface area contributed by atoms with E-state index in [-0.39, 0.29) is 18.3 Å². The van der Waals surface area contributed by atoms with E-state index in [1.165, 1.54) is 32.7 Å². The zero-order chi connectivity index (χ0) is 23.4. The van der Waals surface area contributed by atoms with E-state index in [0.717, 1.165) is 41.3 Å². The van der Waals surface area contributed by atoms with Crippen molar-refractivity contribution in [3.63, 3.8) is 0 Å². The van der Waals surface area contributed by atoms with Crippen molar-refractivity contribution in [1.82, 2.24) is 14.9 Å². The number of benzene rings is 1. The van der Waals surface area contributed by atoms with Gasteiger partial charge in [-0.1, -0.05) is 39.8 Å². The number of rotatable bonds is 8. The molecule has 0 spiro atoms. The number of fused-ring (bicyclic) bond motifs is 1. The van der Waals surface area contributed by atoms with E-state index in [4.69, 9.17) is 10.6 Å². The zero-order valence-electron chi connectivity index (χ0n) is 18.1. The van der Waals surface area contributed by atoms with Gasteiger partial charge in [0.1, 0.15) is 5.00 Å². The second kappa shape index (κ2) is 10.7. The third kappa shape index (κ3) is 5.42. The fourth-order valence-corrected chi connectivity index (χ4v) is 6.02. The van der Waals surface area contributed by atoms with Gasteiger partial charge in [0.05, 0.1) is 12.2 Å². The quantitative estimate of drug-likeness (QED) is 0.238. The van der Waals surface area contributed by atoms with Crippen molar-refractivity contribution in [1.29, 1.82) is 0 Å². The van der Waals surface area contributed by atoms with Gasteiger partial charge < -0.3 is 15.9 Å². The van der Waals surface area contributed by atoms with Crippen molar-refractivity contribution < 1.29 is 14.3 Å². The van der Waals surface area contributed by atoms with Gasteiger partial charge in [-0.25, -0.2) is 9.47 Å². The number of ether oxygens (including phenoxy) is 1. The van der Waals surface area contributed by atoms with E-state index in [9.17, 15) is 9.59 Å². The molecule has 2 heterocycles. The molecule has 0 aliphatic heterocycles. The Hall–Kier alpha value is -2.37. The van der Waals surface area contributed by atoms with Crippen molar-refractivity contribution in [2.45, 2.75) is 44.2 Å². The van der Waals surface area contributed by atoms with Gasteiger partial charge in [0.2, 0.25) is 11.1 Å². The van der Waals surface area contributed by atoms with E-state index in [0.29, 0.717) is 33.9 Å². The van der Waals surface area contributed by atoms with E-state index in [1.807, 2.05) is 24.3 Å². The predicted octanol–water partition coefficient (Wildman–Crippen LogP) is 4.66. The fraction of sp³-hybridized carbons (Fsp3) is 0.364. The summed E-state index contributed by atoms with van der Waals surface area (Å²) in [6.45, 7) is 2.08. The minimum Gasteiger partial charge on any atom is -0.462 e. The highest BCUT2D eigenvalue weighted by Crippen LogP contribution is 2.38. The molecular weight excluding hydrogens is 526 g/mol. The molecule has 174 valence electrons. The van der Waals surface area contributed by atoms with Crippen LogP contribution in [0.25, 0.3) is 11.4 Å². The number of halogens is 1. The summed E-state index contributed by atoms with van der Waals surface area (Å²) in [5.41, 5.74) is 2.41. The van der Waals surface area contributed by atoms with Gasteiger partial charge >= 0.3 is 5.97 Å². The van der Waals surface area contributed by atoms with Gasteiger partial charge in [-0.05, 0) is 50.3 Å². The molecule has 0 unspecified atom stereocenters. The Morgan fingerprint density at radius 3 is 2.76 bits per heavy atom. The van der Waals surface area contributed by atoms with Crippen molar-refractivity contribution in [2.75, 3.05) is 23.5 Å². The van der Waals surface area contributed by atoms with Crippen LogP contribution in [0.2, 0.25) is 0 Å². The molecule has 2 aromatic heterocycles. The van der Waals surface area contributed by atoms with E-state index < -0.39 is 0 Å². The van der Waals surface area contributed by atoms with Gasteiger partial charge in [-0.15, -0.1) is 21.5 Å². The van der Waals surface area contributed by atoms with Crippen LogP contribution in [-0.4, -0.2) is 39.1 Å². The third-order valence-electron chi connectivity index (χ3n) is 5.23. The van der Waals surface area contributed by atoms with Gasteiger partial charge in [0.15, 0.2) is 5.82 Å². The van der Waals surface area contributed by atoms with Crippen LogP contribution in [0.4, 0.5) is 5.00 Å². The maximum atomic E-state index is 12.6. The number of aryl methyl sites for hydroxylation is 1. The molecule has 3 aromatic rings. The highest BCUT2D eigenvalue weighted by molar-refractivity contribution is 9.10. The van der Waals surface area contributed by atoms with Gasteiger partial charge in [-0.3, -0.25) is 4.79 Å². The Kier molecular flexibility index (Phi) is 7.71. The smallest absolute Gasteiger partial charge is 0.341 e. The molecule has 11 heteroatoms. The third-order valence-corrected chi connectivity index (χ3v) is 7.91. The number of thiophene rings is 1. The molecule has 0 atom stereocenters. The van der Waals surface area contributed by atoms with Crippen LogP contribution in [0.5, 0.6) is 0 Å². The Labute approximate surface area is 208 Å². The minimum atomic E-state index is -0.363. The Bertz CT molecular complexity index is 1160. The number of anilines is 1. The molecule has 4 rings (SSSR count). The normalized spacial score (nSPS) is 12.9. The summed E-state index contributed by atoms with van der Waals surface area (Å²) in [6.07, 6.45) is 4.17. The molecule has 1 aromatic carbocycles. The molecule has 0 fully saturated rings. The molecular formula is C22H24BrN5O3S2. The molecule has 1 aliphatic rings. The molecule has 0 radical (unpaired) electrons. The monoisotopic (exact) mass is 549 g/mol. The Morgan fingerprint density at radius 2 is 2.00 bits per heavy atom. The summed E-state index contributed by atoms with van der Waals surface area (Å²) in [4.78, 5) is 26.4. The summed E-state index contributed by atoms with van der Waals surface area (Å²) in [7, 11) is 0. The van der Waals surface area contributed by atoms with Crippen LogP contribution < -0.4 is 11.2 Å². The number of thioether (sulfide) groups is 1. The first kappa shape index (κ1) is 23.8. The maximum absolute atomic E-state index is 12.6. The number of nitrogen functional groups attached to an aromatic ring is 1. The van der Waals surface area contributed by atoms with Crippen molar-refractivity contribution in [3.8, 4) is 11.4 Å². The lowest BCUT2D eigenvalue weighted by Gasteiger charge is -2.12. The summed E-state index contributed by atoms with van der Waals surface area (Å²) < 4.78 is 7.64. The summed E-state index contributed by atoms with van der Waals surface area (Å²) in [5.74, 6) is 6.66.